The fourth-order valence-corrected chi connectivity index (χ4v) is 2.67. The third-order valence-electron chi connectivity index (χ3n) is 2.96. The summed E-state index contributed by atoms with van der Waals surface area (Å²) in [5.74, 6) is 1.38. The van der Waals surface area contributed by atoms with Crippen molar-refractivity contribution in [3.05, 3.63) is 5.82 Å². The van der Waals surface area contributed by atoms with Crippen LogP contribution in [-0.2, 0) is 17.9 Å². The second-order valence-corrected chi connectivity index (χ2v) is 6.39. The summed E-state index contributed by atoms with van der Waals surface area (Å²) in [6.45, 7) is 10.0. The Labute approximate surface area is 124 Å². The maximum atomic E-state index is 12.0. The van der Waals surface area contributed by atoms with E-state index in [-0.39, 0.29) is 11.2 Å². The number of nitrogens with zero attached hydrogens (tertiary/aromatic N) is 3. The Kier molecular flexibility index (Phi) is 7.01. The predicted octanol–water partition coefficient (Wildman–Crippen LogP) is 1.40. The lowest BCUT2D eigenvalue weighted by molar-refractivity contribution is -0.120. The van der Waals surface area contributed by atoms with Crippen LogP contribution in [0, 0.1) is 5.92 Å². The Morgan fingerprint density at radius 1 is 1.40 bits per heavy atom. The van der Waals surface area contributed by atoms with Crippen LogP contribution in [0.3, 0.4) is 0 Å². The number of thioether (sulfide) groups is 1. The molecule has 1 heterocycles. The van der Waals surface area contributed by atoms with E-state index in [9.17, 15) is 4.79 Å². The molecule has 0 fully saturated rings. The number of aromatic nitrogens is 3. The minimum absolute atomic E-state index is 0.0376. The molecule has 1 amide bonds. The number of carbonyl (C=O) groups excluding carboxylic acids is 1. The van der Waals surface area contributed by atoms with Crippen LogP contribution in [0.2, 0.25) is 0 Å². The number of hydrogen-bond acceptors (Lipinski definition) is 5. The Bertz CT molecular complexity index is 432. The zero-order valence-corrected chi connectivity index (χ0v) is 13.5. The zero-order valence-electron chi connectivity index (χ0n) is 12.7. The molecular formula is C13H25N5OS. The SMILES string of the molecule is CCn1c(CN)nnc1SC(C)C(=O)NCCC(C)C. The average Bonchev–Trinajstić information content (AvgIpc) is 2.79. The maximum absolute atomic E-state index is 12.0. The number of amides is 1. The van der Waals surface area contributed by atoms with Crippen molar-refractivity contribution in [2.75, 3.05) is 6.54 Å². The van der Waals surface area contributed by atoms with Gasteiger partial charge in [0.1, 0.15) is 5.82 Å². The fraction of sp³-hybridized carbons (Fsp3) is 0.769. The van der Waals surface area contributed by atoms with Crippen LogP contribution in [0.25, 0.3) is 0 Å². The van der Waals surface area contributed by atoms with Gasteiger partial charge in [-0.1, -0.05) is 25.6 Å². The van der Waals surface area contributed by atoms with E-state index < -0.39 is 0 Å². The van der Waals surface area contributed by atoms with Crippen molar-refractivity contribution in [2.45, 2.75) is 57.6 Å². The molecule has 0 spiro atoms. The summed E-state index contributed by atoms with van der Waals surface area (Å²) in [7, 11) is 0. The van der Waals surface area contributed by atoms with Gasteiger partial charge in [-0.05, 0) is 26.2 Å². The van der Waals surface area contributed by atoms with E-state index in [1.807, 2.05) is 18.4 Å². The molecule has 0 radical (unpaired) electrons. The summed E-state index contributed by atoms with van der Waals surface area (Å²) in [5.41, 5.74) is 5.61. The Balaban J connectivity index is 2.55. The Morgan fingerprint density at radius 3 is 2.65 bits per heavy atom. The van der Waals surface area contributed by atoms with Crippen molar-refractivity contribution < 1.29 is 4.79 Å². The van der Waals surface area contributed by atoms with Crippen LogP contribution in [0.5, 0.6) is 0 Å². The minimum Gasteiger partial charge on any atom is -0.355 e. The minimum atomic E-state index is -0.192. The predicted molar refractivity (Wildman–Crippen MR) is 81.4 cm³/mol. The molecule has 0 aliphatic heterocycles. The Morgan fingerprint density at radius 2 is 2.10 bits per heavy atom. The van der Waals surface area contributed by atoms with E-state index in [1.165, 1.54) is 11.8 Å². The monoisotopic (exact) mass is 299 g/mol. The van der Waals surface area contributed by atoms with Gasteiger partial charge in [0.2, 0.25) is 5.91 Å². The second-order valence-electron chi connectivity index (χ2n) is 5.08. The molecule has 114 valence electrons. The van der Waals surface area contributed by atoms with Gasteiger partial charge in [0.15, 0.2) is 5.16 Å². The molecule has 20 heavy (non-hydrogen) atoms. The Hall–Kier alpha value is -1.08. The first-order valence-electron chi connectivity index (χ1n) is 7.06. The van der Waals surface area contributed by atoms with Crippen LogP contribution in [-0.4, -0.2) is 32.5 Å². The summed E-state index contributed by atoms with van der Waals surface area (Å²) in [5, 5.41) is 11.7. The van der Waals surface area contributed by atoms with Gasteiger partial charge in [0.25, 0.3) is 0 Å². The molecule has 1 aromatic heterocycles. The van der Waals surface area contributed by atoms with Crippen LogP contribution in [0.15, 0.2) is 5.16 Å². The first kappa shape index (κ1) is 17.0. The molecule has 7 heteroatoms. The highest BCUT2D eigenvalue weighted by Gasteiger charge is 2.18. The van der Waals surface area contributed by atoms with Crippen LogP contribution in [0.4, 0.5) is 0 Å². The highest BCUT2D eigenvalue weighted by Crippen LogP contribution is 2.22. The van der Waals surface area contributed by atoms with Crippen molar-refractivity contribution in [1.29, 1.82) is 0 Å². The summed E-state index contributed by atoms with van der Waals surface area (Å²) in [6.07, 6.45) is 0.992. The van der Waals surface area contributed by atoms with Crippen LogP contribution >= 0.6 is 11.8 Å². The third kappa shape index (κ3) is 4.79. The lowest BCUT2D eigenvalue weighted by Gasteiger charge is -2.13. The van der Waals surface area contributed by atoms with E-state index in [0.717, 1.165) is 30.5 Å². The fourth-order valence-electron chi connectivity index (χ4n) is 1.71. The van der Waals surface area contributed by atoms with Crippen LogP contribution < -0.4 is 11.1 Å². The first-order valence-corrected chi connectivity index (χ1v) is 7.94. The van der Waals surface area contributed by atoms with E-state index in [0.29, 0.717) is 12.5 Å². The van der Waals surface area contributed by atoms with Crippen molar-refractivity contribution in [3.8, 4) is 0 Å². The smallest absolute Gasteiger partial charge is 0.233 e. The largest absolute Gasteiger partial charge is 0.355 e. The molecule has 0 aromatic carbocycles. The van der Waals surface area contributed by atoms with Crippen molar-refractivity contribution in [2.24, 2.45) is 11.7 Å². The average molecular weight is 299 g/mol. The molecule has 1 atom stereocenters. The third-order valence-corrected chi connectivity index (χ3v) is 4.05. The number of nitrogens with one attached hydrogen (secondary N) is 1. The van der Waals surface area contributed by atoms with Gasteiger partial charge in [0.05, 0.1) is 11.8 Å². The molecule has 3 N–H and O–H groups in total. The molecule has 0 aliphatic carbocycles. The molecule has 0 saturated carbocycles. The number of hydrogen-bond donors (Lipinski definition) is 2. The molecule has 0 aliphatic rings. The molecule has 1 unspecified atom stereocenters. The van der Waals surface area contributed by atoms with Crippen molar-refractivity contribution in [1.82, 2.24) is 20.1 Å². The summed E-state index contributed by atoms with van der Waals surface area (Å²) >= 11 is 1.42. The molecule has 0 bridgehead atoms. The van der Waals surface area contributed by atoms with E-state index in [2.05, 4.69) is 29.4 Å². The van der Waals surface area contributed by atoms with Crippen molar-refractivity contribution in [3.63, 3.8) is 0 Å². The van der Waals surface area contributed by atoms with Gasteiger partial charge in [-0.2, -0.15) is 0 Å². The maximum Gasteiger partial charge on any atom is 0.233 e. The standard InChI is InChI=1S/C13H25N5OS/c1-5-18-11(8-14)16-17-13(18)20-10(4)12(19)15-7-6-9(2)3/h9-10H,5-8,14H2,1-4H3,(H,15,19). The highest BCUT2D eigenvalue weighted by molar-refractivity contribution is 8.00. The summed E-state index contributed by atoms with van der Waals surface area (Å²) in [4.78, 5) is 12.0. The molecular weight excluding hydrogens is 274 g/mol. The van der Waals surface area contributed by atoms with Crippen LogP contribution in [0.1, 0.15) is 39.9 Å². The lowest BCUT2D eigenvalue weighted by atomic mass is 10.1. The zero-order chi connectivity index (χ0) is 15.1. The molecule has 6 nitrogen and oxygen atoms in total. The van der Waals surface area contributed by atoms with Gasteiger partial charge in [-0.3, -0.25) is 4.79 Å². The first-order chi connectivity index (χ1) is 9.49. The van der Waals surface area contributed by atoms with Gasteiger partial charge in [-0.15, -0.1) is 10.2 Å². The number of nitrogens with two attached hydrogens (primary N) is 1. The van der Waals surface area contributed by atoms with Crippen molar-refractivity contribution >= 4 is 17.7 Å². The normalized spacial score (nSPS) is 12.7. The summed E-state index contributed by atoms with van der Waals surface area (Å²) in [6, 6.07) is 0. The molecule has 0 saturated heterocycles. The van der Waals surface area contributed by atoms with E-state index in [4.69, 9.17) is 5.73 Å². The van der Waals surface area contributed by atoms with E-state index >= 15 is 0 Å². The number of rotatable bonds is 8. The number of carbonyl (C=O) groups is 1. The summed E-state index contributed by atoms with van der Waals surface area (Å²) < 4.78 is 1.95. The van der Waals surface area contributed by atoms with Gasteiger partial charge in [-0.25, -0.2) is 0 Å². The lowest BCUT2D eigenvalue weighted by Crippen LogP contribution is -2.32. The highest BCUT2D eigenvalue weighted by atomic mass is 32.2. The molecule has 1 aromatic rings. The van der Waals surface area contributed by atoms with E-state index in [1.54, 1.807) is 0 Å². The van der Waals surface area contributed by atoms with Gasteiger partial charge in [0, 0.05) is 13.1 Å². The van der Waals surface area contributed by atoms with Gasteiger partial charge >= 0.3 is 0 Å². The second kappa shape index (κ2) is 8.26. The quantitative estimate of drug-likeness (QED) is 0.709. The molecule has 1 rings (SSSR count). The topological polar surface area (TPSA) is 85.8 Å². The van der Waals surface area contributed by atoms with Gasteiger partial charge < -0.3 is 15.6 Å².